The average molecular weight is 330 g/mol. The summed E-state index contributed by atoms with van der Waals surface area (Å²) in [6.07, 6.45) is 3.53. The summed E-state index contributed by atoms with van der Waals surface area (Å²) in [4.78, 5) is 15.9. The van der Waals surface area contributed by atoms with E-state index < -0.39 is 5.66 Å². The Hall–Kier alpha value is -1.01. The monoisotopic (exact) mass is 329 g/mol. The van der Waals surface area contributed by atoms with Gasteiger partial charge in [-0.1, -0.05) is 29.6 Å². The van der Waals surface area contributed by atoms with Crippen LogP contribution in [0.5, 0.6) is 0 Å². The zero-order chi connectivity index (χ0) is 15.2. The van der Waals surface area contributed by atoms with Gasteiger partial charge in [-0.05, 0) is 37.5 Å². The second-order valence-electron chi connectivity index (χ2n) is 5.62. The molecule has 0 aromatic heterocycles. The molecule has 1 aromatic rings. The standard InChI is InChI=1S/C14H17Cl2N3O2/c1-18-12-4-2-3-7-14(12,17-21)19(13(18)20)9-5-6-10(15)11(16)8-9/h5-6,8,12,17,21H,2-4,7H2,1H3. The first-order chi connectivity index (χ1) is 10.0. The van der Waals surface area contributed by atoms with Gasteiger partial charge in [0.05, 0.1) is 16.1 Å². The minimum atomic E-state index is -0.804. The van der Waals surface area contributed by atoms with Gasteiger partial charge in [-0.2, -0.15) is 5.48 Å². The smallest absolute Gasteiger partial charge is 0.321 e. The number of urea groups is 1. The maximum Gasteiger partial charge on any atom is 0.326 e. The van der Waals surface area contributed by atoms with Gasteiger partial charge in [-0.3, -0.25) is 4.90 Å². The number of carbonyl (C=O) groups excluding carboxylic acids is 1. The number of halogens is 2. The molecule has 1 saturated carbocycles. The summed E-state index contributed by atoms with van der Waals surface area (Å²) in [5.41, 5.74) is 2.24. The van der Waals surface area contributed by atoms with Gasteiger partial charge in [0, 0.05) is 12.7 Å². The third kappa shape index (κ3) is 2.11. The Morgan fingerprint density at radius 3 is 2.76 bits per heavy atom. The van der Waals surface area contributed by atoms with Crippen LogP contribution < -0.4 is 10.4 Å². The number of nitrogens with one attached hydrogen (secondary N) is 1. The molecule has 2 N–H and O–H groups in total. The largest absolute Gasteiger partial charge is 0.326 e. The van der Waals surface area contributed by atoms with Gasteiger partial charge in [0.2, 0.25) is 0 Å². The van der Waals surface area contributed by atoms with Gasteiger partial charge >= 0.3 is 6.03 Å². The van der Waals surface area contributed by atoms with Crippen molar-refractivity contribution in [2.45, 2.75) is 37.4 Å². The van der Waals surface area contributed by atoms with Gasteiger partial charge in [0.15, 0.2) is 0 Å². The van der Waals surface area contributed by atoms with Crippen molar-refractivity contribution >= 4 is 34.9 Å². The molecule has 1 saturated heterocycles. The number of hydrogen-bond acceptors (Lipinski definition) is 3. The highest BCUT2D eigenvalue weighted by Crippen LogP contribution is 2.43. The van der Waals surface area contributed by atoms with Crippen LogP contribution in [0.25, 0.3) is 0 Å². The summed E-state index contributed by atoms with van der Waals surface area (Å²) in [5.74, 6) is 0. The van der Waals surface area contributed by atoms with E-state index in [2.05, 4.69) is 5.48 Å². The second kappa shape index (κ2) is 5.32. The van der Waals surface area contributed by atoms with Crippen molar-refractivity contribution in [2.75, 3.05) is 11.9 Å². The molecule has 5 nitrogen and oxygen atoms in total. The summed E-state index contributed by atoms with van der Waals surface area (Å²) >= 11 is 12.0. The summed E-state index contributed by atoms with van der Waals surface area (Å²) in [6, 6.07) is 4.84. The van der Waals surface area contributed by atoms with Crippen LogP contribution in [0.2, 0.25) is 10.0 Å². The molecule has 2 fully saturated rings. The average Bonchev–Trinajstić information content (AvgIpc) is 2.72. The van der Waals surface area contributed by atoms with Gasteiger partial charge in [0.25, 0.3) is 0 Å². The Morgan fingerprint density at radius 2 is 2.10 bits per heavy atom. The maximum absolute atomic E-state index is 12.7. The number of likely N-dealkylation sites (N-methyl/N-ethyl adjacent to an activating group) is 1. The molecule has 21 heavy (non-hydrogen) atoms. The van der Waals surface area contributed by atoms with Gasteiger partial charge in [0.1, 0.15) is 5.66 Å². The van der Waals surface area contributed by atoms with E-state index in [1.807, 2.05) is 0 Å². The van der Waals surface area contributed by atoms with Crippen molar-refractivity contribution < 1.29 is 10.0 Å². The van der Waals surface area contributed by atoms with Gasteiger partial charge in [-0.15, -0.1) is 0 Å². The number of hydroxylamine groups is 1. The normalized spacial score (nSPS) is 29.0. The summed E-state index contributed by atoms with van der Waals surface area (Å²) < 4.78 is 0. The van der Waals surface area contributed by atoms with E-state index in [1.165, 1.54) is 0 Å². The summed E-state index contributed by atoms with van der Waals surface area (Å²) in [6.45, 7) is 0. The van der Waals surface area contributed by atoms with Crippen molar-refractivity contribution in [3.63, 3.8) is 0 Å². The van der Waals surface area contributed by atoms with Crippen LogP contribution in [0.15, 0.2) is 18.2 Å². The molecule has 7 heteroatoms. The van der Waals surface area contributed by atoms with Crippen LogP contribution in [0, 0.1) is 0 Å². The Labute approximate surface area is 133 Å². The molecule has 114 valence electrons. The van der Waals surface area contributed by atoms with Crippen LogP contribution in [0.3, 0.4) is 0 Å². The zero-order valence-electron chi connectivity index (χ0n) is 11.6. The molecule has 2 aliphatic rings. The van der Waals surface area contributed by atoms with E-state index in [9.17, 15) is 10.0 Å². The predicted molar refractivity (Wildman–Crippen MR) is 82.0 cm³/mol. The summed E-state index contributed by atoms with van der Waals surface area (Å²) in [5, 5.41) is 10.6. The van der Waals surface area contributed by atoms with Crippen molar-refractivity contribution in [1.29, 1.82) is 0 Å². The van der Waals surface area contributed by atoms with E-state index >= 15 is 0 Å². The molecular formula is C14H17Cl2N3O2. The van der Waals surface area contributed by atoms with Crippen LogP contribution in [0.4, 0.5) is 10.5 Å². The minimum Gasteiger partial charge on any atom is -0.321 e. The number of carbonyl (C=O) groups is 1. The van der Waals surface area contributed by atoms with Crippen LogP contribution in [-0.2, 0) is 0 Å². The molecule has 3 rings (SSSR count). The minimum absolute atomic E-state index is 0.0711. The molecule has 1 heterocycles. The molecule has 2 unspecified atom stereocenters. The zero-order valence-corrected chi connectivity index (χ0v) is 13.2. The number of fused-ring (bicyclic) bond motifs is 1. The quantitative estimate of drug-likeness (QED) is 0.816. The van der Waals surface area contributed by atoms with E-state index in [4.69, 9.17) is 23.2 Å². The van der Waals surface area contributed by atoms with E-state index in [-0.39, 0.29) is 12.1 Å². The molecule has 1 aliphatic heterocycles. The van der Waals surface area contributed by atoms with E-state index in [1.54, 1.807) is 35.0 Å². The Balaban J connectivity index is 2.10. The van der Waals surface area contributed by atoms with Crippen molar-refractivity contribution in [1.82, 2.24) is 10.4 Å². The molecule has 0 bridgehead atoms. The highest BCUT2D eigenvalue weighted by Gasteiger charge is 2.57. The third-order valence-corrected chi connectivity index (χ3v) is 5.29. The Kier molecular flexibility index (Phi) is 3.78. The molecule has 1 aromatic carbocycles. The van der Waals surface area contributed by atoms with E-state index in [0.717, 1.165) is 19.3 Å². The Morgan fingerprint density at radius 1 is 1.33 bits per heavy atom. The molecule has 2 atom stereocenters. The molecule has 0 spiro atoms. The number of nitrogens with zero attached hydrogens (tertiary/aromatic N) is 2. The Bertz CT molecular complexity index is 583. The number of anilines is 1. The molecule has 0 radical (unpaired) electrons. The summed E-state index contributed by atoms with van der Waals surface area (Å²) in [7, 11) is 1.77. The number of benzene rings is 1. The first-order valence-corrected chi connectivity index (χ1v) is 7.70. The first kappa shape index (κ1) is 14.9. The van der Waals surface area contributed by atoms with Crippen LogP contribution in [0.1, 0.15) is 25.7 Å². The predicted octanol–water partition coefficient (Wildman–Crippen LogP) is 3.48. The lowest BCUT2D eigenvalue weighted by Gasteiger charge is -2.42. The fourth-order valence-corrected chi connectivity index (χ4v) is 3.81. The van der Waals surface area contributed by atoms with Gasteiger partial charge in [-0.25, -0.2) is 4.79 Å². The molecule has 1 aliphatic carbocycles. The fourth-order valence-electron chi connectivity index (χ4n) is 3.52. The lowest BCUT2D eigenvalue weighted by molar-refractivity contribution is 0.0180. The van der Waals surface area contributed by atoms with Crippen LogP contribution in [-0.4, -0.2) is 34.9 Å². The van der Waals surface area contributed by atoms with Gasteiger partial charge < -0.3 is 10.1 Å². The topological polar surface area (TPSA) is 55.8 Å². The first-order valence-electron chi connectivity index (χ1n) is 6.94. The van der Waals surface area contributed by atoms with Crippen molar-refractivity contribution in [2.24, 2.45) is 0 Å². The van der Waals surface area contributed by atoms with Crippen molar-refractivity contribution in [3.8, 4) is 0 Å². The molecule has 2 amide bonds. The van der Waals surface area contributed by atoms with Crippen molar-refractivity contribution in [3.05, 3.63) is 28.2 Å². The number of hydrogen-bond donors (Lipinski definition) is 2. The highest BCUT2D eigenvalue weighted by molar-refractivity contribution is 6.42. The fraction of sp³-hybridized carbons (Fsp3) is 0.500. The SMILES string of the molecule is CN1C(=O)N(c2ccc(Cl)c(Cl)c2)C2(NO)CCCCC12. The maximum atomic E-state index is 12.7. The highest BCUT2D eigenvalue weighted by atomic mass is 35.5. The second-order valence-corrected chi connectivity index (χ2v) is 6.44. The number of rotatable bonds is 2. The number of amides is 2. The van der Waals surface area contributed by atoms with E-state index in [0.29, 0.717) is 22.2 Å². The third-order valence-electron chi connectivity index (χ3n) is 4.55. The van der Waals surface area contributed by atoms with Crippen LogP contribution >= 0.6 is 23.2 Å². The molecular weight excluding hydrogens is 313 g/mol. The lowest BCUT2D eigenvalue weighted by atomic mass is 9.84. The lowest BCUT2D eigenvalue weighted by Crippen LogP contribution is -2.62.